The molecule has 6 nitrogen and oxygen atoms in total. The normalized spacial score (nSPS) is 48.0. The second-order valence-corrected chi connectivity index (χ2v) is 17.7. The number of allylic oxidation sites excluding steroid dienone is 1. The van der Waals surface area contributed by atoms with E-state index in [0.29, 0.717) is 42.8 Å². The van der Waals surface area contributed by atoms with Crippen LogP contribution in [-0.4, -0.2) is 55.8 Å². The molecule has 1 saturated heterocycles. The third-order valence-electron chi connectivity index (χ3n) is 15.3. The molecule has 3 saturated carbocycles. The third kappa shape index (κ3) is 4.57. The first kappa shape index (κ1) is 33.4. The van der Waals surface area contributed by atoms with Crippen LogP contribution in [0.2, 0.25) is 0 Å². The SMILES string of the molecule is CO[C@@H]1C[C@@]23COC[C@](C)([C@@H]2CC[C@H]2C3=CC[C@@]3(C)[C@H](C(=O)O)[C@@](C)([C@H](C)C(C)C)CC[C@]23C)[C@H]1OC[C@@](C)(N)C(C)C. The molecule has 5 rings (SSSR count). The number of carboxylic acid groups (broad SMARTS) is 1. The molecule has 0 unspecified atom stereocenters. The first-order chi connectivity index (χ1) is 19.9. The van der Waals surface area contributed by atoms with Crippen LogP contribution in [0.4, 0.5) is 0 Å². The van der Waals surface area contributed by atoms with Gasteiger partial charge in [-0.15, -0.1) is 0 Å². The molecule has 12 atom stereocenters. The summed E-state index contributed by atoms with van der Waals surface area (Å²) in [4.78, 5) is 13.3. The second kappa shape index (κ2) is 10.8. The number of carbonyl (C=O) groups is 1. The highest BCUT2D eigenvalue weighted by Gasteiger charge is 2.71. The van der Waals surface area contributed by atoms with E-state index in [-0.39, 0.29) is 45.2 Å². The largest absolute Gasteiger partial charge is 0.481 e. The molecule has 4 fully saturated rings. The highest BCUT2D eigenvalue weighted by molar-refractivity contribution is 5.73. The van der Waals surface area contributed by atoms with Crippen LogP contribution in [0.3, 0.4) is 0 Å². The molecule has 0 aromatic heterocycles. The van der Waals surface area contributed by atoms with Gasteiger partial charge in [0.1, 0.15) is 0 Å². The number of nitrogens with two attached hydrogens (primary N) is 1. The Morgan fingerprint density at radius 3 is 2.35 bits per heavy atom. The van der Waals surface area contributed by atoms with Crippen molar-refractivity contribution < 1.29 is 24.1 Å². The molecule has 3 N–H and O–H groups in total. The van der Waals surface area contributed by atoms with Crippen molar-refractivity contribution in [3.8, 4) is 0 Å². The number of ether oxygens (including phenoxy) is 3. The van der Waals surface area contributed by atoms with Crippen molar-refractivity contribution in [3.05, 3.63) is 11.6 Å². The van der Waals surface area contributed by atoms with E-state index < -0.39 is 11.5 Å². The van der Waals surface area contributed by atoms with E-state index in [2.05, 4.69) is 75.3 Å². The molecule has 0 amide bonds. The maximum absolute atomic E-state index is 13.3. The fraction of sp³-hybridized carbons (Fsp3) is 0.919. The van der Waals surface area contributed by atoms with Crippen molar-refractivity contribution in [2.45, 2.75) is 126 Å². The minimum absolute atomic E-state index is 0.0396. The summed E-state index contributed by atoms with van der Waals surface area (Å²) in [6.45, 7) is 24.5. The fourth-order valence-corrected chi connectivity index (χ4v) is 11.5. The predicted molar refractivity (Wildman–Crippen MR) is 172 cm³/mol. The van der Waals surface area contributed by atoms with E-state index in [1.54, 1.807) is 5.57 Å². The summed E-state index contributed by atoms with van der Waals surface area (Å²) in [5.74, 6) is 0.907. The Labute approximate surface area is 262 Å². The number of hydrogen-bond acceptors (Lipinski definition) is 5. The minimum atomic E-state index is -0.605. The van der Waals surface area contributed by atoms with Crippen molar-refractivity contribution in [2.24, 2.45) is 68.3 Å². The zero-order valence-electron chi connectivity index (χ0n) is 29.2. The van der Waals surface area contributed by atoms with Gasteiger partial charge in [0.2, 0.25) is 0 Å². The number of methoxy groups -OCH3 is 1. The monoisotopic (exact) mass is 601 g/mol. The summed E-state index contributed by atoms with van der Waals surface area (Å²) in [7, 11) is 1.84. The Morgan fingerprint density at radius 1 is 1.09 bits per heavy atom. The molecular weight excluding hydrogens is 538 g/mol. The summed E-state index contributed by atoms with van der Waals surface area (Å²) in [6.07, 6.45) is 8.36. The van der Waals surface area contributed by atoms with Crippen LogP contribution in [-0.2, 0) is 19.0 Å². The lowest BCUT2D eigenvalue weighted by Gasteiger charge is -2.71. The zero-order chi connectivity index (χ0) is 32.0. The molecule has 4 aliphatic carbocycles. The minimum Gasteiger partial charge on any atom is -0.481 e. The van der Waals surface area contributed by atoms with Gasteiger partial charge < -0.3 is 25.1 Å². The fourth-order valence-electron chi connectivity index (χ4n) is 11.5. The smallest absolute Gasteiger partial charge is 0.307 e. The molecule has 0 spiro atoms. The summed E-state index contributed by atoms with van der Waals surface area (Å²) in [5, 5.41) is 10.9. The average Bonchev–Trinajstić information content (AvgIpc) is 2.91. The molecule has 43 heavy (non-hydrogen) atoms. The number of hydrogen-bond donors (Lipinski definition) is 2. The van der Waals surface area contributed by atoms with Crippen molar-refractivity contribution in [2.75, 3.05) is 26.9 Å². The van der Waals surface area contributed by atoms with Gasteiger partial charge in [0.15, 0.2) is 0 Å². The molecule has 1 aliphatic heterocycles. The number of aliphatic carboxylic acids is 1. The average molecular weight is 602 g/mol. The van der Waals surface area contributed by atoms with Crippen LogP contribution in [0.25, 0.3) is 0 Å². The first-order valence-electron chi connectivity index (χ1n) is 17.3. The molecule has 0 radical (unpaired) electrons. The van der Waals surface area contributed by atoms with Crippen molar-refractivity contribution in [1.29, 1.82) is 0 Å². The van der Waals surface area contributed by atoms with Crippen LogP contribution in [0.1, 0.15) is 108 Å². The highest BCUT2D eigenvalue weighted by atomic mass is 16.5. The lowest BCUT2D eigenvalue weighted by molar-refractivity contribution is -0.269. The maximum atomic E-state index is 13.3. The van der Waals surface area contributed by atoms with Gasteiger partial charge in [-0.3, -0.25) is 4.79 Å². The van der Waals surface area contributed by atoms with E-state index in [9.17, 15) is 9.90 Å². The number of carboxylic acids is 1. The maximum Gasteiger partial charge on any atom is 0.307 e. The Kier molecular flexibility index (Phi) is 8.40. The van der Waals surface area contributed by atoms with Gasteiger partial charge in [0, 0.05) is 23.5 Å². The Morgan fingerprint density at radius 2 is 1.77 bits per heavy atom. The van der Waals surface area contributed by atoms with Crippen LogP contribution in [0, 0.1) is 62.6 Å². The molecule has 6 heteroatoms. The molecule has 2 bridgehead atoms. The summed E-state index contributed by atoms with van der Waals surface area (Å²) < 4.78 is 19.7. The van der Waals surface area contributed by atoms with Crippen molar-refractivity contribution >= 4 is 5.97 Å². The van der Waals surface area contributed by atoms with Crippen molar-refractivity contribution in [1.82, 2.24) is 0 Å². The van der Waals surface area contributed by atoms with Crippen LogP contribution in [0.5, 0.6) is 0 Å². The summed E-state index contributed by atoms with van der Waals surface area (Å²) >= 11 is 0. The van der Waals surface area contributed by atoms with E-state index in [0.717, 1.165) is 45.1 Å². The van der Waals surface area contributed by atoms with Crippen LogP contribution >= 0.6 is 0 Å². The molecular formula is C37H63NO5. The molecule has 1 heterocycles. The quantitative estimate of drug-likeness (QED) is 0.283. The summed E-state index contributed by atoms with van der Waals surface area (Å²) in [5.41, 5.74) is 6.91. The van der Waals surface area contributed by atoms with Gasteiger partial charge in [0.25, 0.3) is 0 Å². The molecule has 0 aromatic carbocycles. The second-order valence-electron chi connectivity index (χ2n) is 17.7. The first-order valence-corrected chi connectivity index (χ1v) is 17.3. The number of fused-ring (bicyclic) bond motifs is 3. The highest BCUT2D eigenvalue weighted by Crippen LogP contribution is 2.75. The van der Waals surface area contributed by atoms with Crippen molar-refractivity contribution in [3.63, 3.8) is 0 Å². The Balaban J connectivity index is 1.55. The zero-order valence-corrected chi connectivity index (χ0v) is 29.2. The van der Waals surface area contributed by atoms with E-state index in [1.165, 1.54) is 0 Å². The van der Waals surface area contributed by atoms with E-state index in [1.807, 2.05) is 7.11 Å². The Hall–Kier alpha value is -0.950. The van der Waals surface area contributed by atoms with E-state index in [4.69, 9.17) is 19.9 Å². The van der Waals surface area contributed by atoms with Crippen LogP contribution in [0.15, 0.2) is 11.6 Å². The van der Waals surface area contributed by atoms with Gasteiger partial charge >= 0.3 is 5.97 Å². The van der Waals surface area contributed by atoms with Gasteiger partial charge in [-0.1, -0.05) is 74.0 Å². The van der Waals surface area contributed by atoms with Crippen LogP contribution < -0.4 is 5.73 Å². The summed E-state index contributed by atoms with van der Waals surface area (Å²) in [6, 6.07) is 0. The third-order valence-corrected chi connectivity index (χ3v) is 15.3. The molecule has 246 valence electrons. The number of rotatable bonds is 8. The van der Waals surface area contributed by atoms with E-state index >= 15 is 0 Å². The lowest BCUT2D eigenvalue weighted by Crippen LogP contribution is -2.70. The molecule has 0 aromatic rings. The lowest BCUT2D eigenvalue weighted by atomic mass is 9.34. The standard InChI is InChI=1S/C37H63NO5/c1-22(2)24(5)32(6)16-17-34(8)25-12-13-28-33(7)19-42-21-37(28,26(25)14-15-35(34,9)29(32)31(39)40)18-27(41-11)30(33)43-20-36(10,38)23(3)4/h14,22-25,27-30H,12-13,15-21,38H2,1-11H3,(H,39,40)/t24-,25+,27-,28+,29-,30+,32-,33-,34-,35+,36-,37+/m1/s1. The van der Waals surface area contributed by atoms with Gasteiger partial charge in [0.05, 0.1) is 37.9 Å². The predicted octanol–water partition coefficient (Wildman–Crippen LogP) is 7.35. The van der Waals surface area contributed by atoms with Gasteiger partial charge in [-0.2, -0.15) is 0 Å². The molecule has 5 aliphatic rings. The van der Waals surface area contributed by atoms with Gasteiger partial charge in [-0.25, -0.2) is 0 Å². The topological polar surface area (TPSA) is 91.0 Å². The van der Waals surface area contributed by atoms with Gasteiger partial charge in [-0.05, 0) is 91.3 Å². The Bertz CT molecular complexity index is 1120.